The highest BCUT2D eigenvalue weighted by Gasteiger charge is 2.41. The molecule has 1 aromatic carbocycles. The van der Waals surface area contributed by atoms with Crippen molar-refractivity contribution in [1.29, 1.82) is 0 Å². The average molecular weight is 300 g/mol. The van der Waals surface area contributed by atoms with Gasteiger partial charge in [-0.3, -0.25) is 4.79 Å². The first kappa shape index (κ1) is 14.2. The van der Waals surface area contributed by atoms with Crippen LogP contribution in [0, 0.1) is 0 Å². The maximum absolute atomic E-state index is 12.7. The molecule has 1 amide bonds. The Morgan fingerprint density at radius 1 is 1.33 bits per heavy atom. The van der Waals surface area contributed by atoms with Crippen LogP contribution in [-0.4, -0.2) is 24.2 Å². The van der Waals surface area contributed by atoms with Gasteiger partial charge in [-0.2, -0.15) is 13.2 Å². The number of amides is 1. The number of rotatable bonds is 2. The van der Waals surface area contributed by atoms with E-state index in [1.807, 2.05) is 0 Å². The van der Waals surface area contributed by atoms with Crippen LogP contribution in [0.3, 0.4) is 0 Å². The number of ether oxygens (including phenoxy) is 1. The summed E-state index contributed by atoms with van der Waals surface area (Å²) in [6.45, 7) is 0. The number of nitrogens with one attached hydrogen (secondary N) is 1. The highest BCUT2D eigenvalue weighted by molar-refractivity contribution is 5.99. The van der Waals surface area contributed by atoms with E-state index in [0.717, 1.165) is 31.0 Å². The summed E-state index contributed by atoms with van der Waals surface area (Å²) >= 11 is 0. The van der Waals surface area contributed by atoms with Gasteiger partial charge in [-0.25, -0.2) is 0 Å². The van der Waals surface area contributed by atoms with Gasteiger partial charge in [-0.1, -0.05) is 0 Å². The molecule has 2 bridgehead atoms. The molecule has 4 nitrogen and oxygen atoms in total. The molecule has 3 rings (SSSR count). The summed E-state index contributed by atoms with van der Waals surface area (Å²) in [5.41, 5.74) is 4.63. The number of anilines is 1. The third kappa shape index (κ3) is 2.70. The van der Waals surface area contributed by atoms with Crippen LogP contribution in [0.25, 0.3) is 0 Å². The van der Waals surface area contributed by atoms with Gasteiger partial charge in [-0.05, 0) is 37.5 Å². The Bertz CT molecular complexity index is 574. The molecule has 0 aromatic heterocycles. The van der Waals surface area contributed by atoms with Crippen LogP contribution in [0.5, 0.6) is 0 Å². The van der Waals surface area contributed by atoms with E-state index in [-0.39, 0.29) is 29.5 Å². The molecule has 0 aliphatic carbocycles. The van der Waals surface area contributed by atoms with Crippen molar-refractivity contribution in [3.8, 4) is 0 Å². The van der Waals surface area contributed by atoms with Gasteiger partial charge in [0.15, 0.2) is 0 Å². The monoisotopic (exact) mass is 300 g/mol. The van der Waals surface area contributed by atoms with Gasteiger partial charge >= 0.3 is 6.18 Å². The van der Waals surface area contributed by atoms with Crippen molar-refractivity contribution in [2.24, 2.45) is 0 Å². The van der Waals surface area contributed by atoms with E-state index in [0.29, 0.717) is 6.42 Å². The van der Waals surface area contributed by atoms with Crippen LogP contribution in [0.2, 0.25) is 0 Å². The van der Waals surface area contributed by atoms with Gasteiger partial charge in [0.25, 0.3) is 5.91 Å². The minimum Gasteiger partial charge on any atom is -0.398 e. The molecule has 2 saturated heterocycles. The summed E-state index contributed by atoms with van der Waals surface area (Å²) < 4.78 is 43.7. The van der Waals surface area contributed by atoms with Gasteiger partial charge in [0.05, 0.1) is 29.4 Å². The highest BCUT2D eigenvalue weighted by Crippen LogP contribution is 2.35. The van der Waals surface area contributed by atoms with Gasteiger partial charge < -0.3 is 15.8 Å². The van der Waals surface area contributed by atoms with Crippen molar-refractivity contribution in [3.63, 3.8) is 0 Å². The topological polar surface area (TPSA) is 64.4 Å². The van der Waals surface area contributed by atoms with E-state index >= 15 is 0 Å². The number of carbonyl (C=O) groups is 1. The van der Waals surface area contributed by atoms with E-state index in [1.54, 1.807) is 0 Å². The largest absolute Gasteiger partial charge is 0.416 e. The second-order valence-electron chi connectivity index (χ2n) is 5.49. The Kier molecular flexibility index (Phi) is 3.32. The predicted octanol–water partition coefficient (Wildman–Crippen LogP) is 2.34. The summed E-state index contributed by atoms with van der Waals surface area (Å²) in [6.07, 6.45) is -1.84. The maximum atomic E-state index is 12.7. The number of nitrogen functional groups attached to an aromatic ring is 1. The van der Waals surface area contributed by atoms with Crippen molar-refractivity contribution < 1.29 is 22.7 Å². The van der Waals surface area contributed by atoms with Crippen LogP contribution in [0.15, 0.2) is 18.2 Å². The van der Waals surface area contributed by atoms with Gasteiger partial charge in [-0.15, -0.1) is 0 Å². The van der Waals surface area contributed by atoms with E-state index in [4.69, 9.17) is 10.5 Å². The number of benzene rings is 1. The quantitative estimate of drug-likeness (QED) is 0.824. The number of hydrogen-bond donors (Lipinski definition) is 2. The minimum absolute atomic E-state index is 0.0320. The molecule has 3 unspecified atom stereocenters. The smallest absolute Gasteiger partial charge is 0.398 e. The Morgan fingerprint density at radius 3 is 2.67 bits per heavy atom. The molecule has 3 atom stereocenters. The molecule has 2 aliphatic rings. The van der Waals surface area contributed by atoms with Gasteiger partial charge in [0.1, 0.15) is 0 Å². The molecule has 21 heavy (non-hydrogen) atoms. The van der Waals surface area contributed by atoms with Crippen LogP contribution in [0.4, 0.5) is 18.9 Å². The second kappa shape index (κ2) is 4.91. The molecule has 0 radical (unpaired) electrons. The van der Waals surface area contributed by atoms with E-state index < -0.39 is 17.6 Å². The van der Waals surface area contributed by atoms with Crippen LogP contribution in [-0.2, 0) is 10.9 Å². The maximum Gasteiger partial charge on any atom is 0.416 e. The third-order valence-electron chi connectivity index (χ3n) is 4.05. The van der Waals surface area contributed by atoms with Gasteiger partial charge in [0, 0.05) is 5.69 Å². The fourth-order valence-electron chi connectivity index (χ4n) is 2.97. The molecule has 2 heterocycles. The number of halogens is 3. The standard InChI is InChI=1S/C14H15F3N2O2/c15-14(16,17)7-1-3-10(18)9(5-7)13(20)19-11-6-8-2-4-12(11)21-8/h1,3,5,8,11-12H,2,4,6,18H2,(H,19,20). The lowest BCUT2D eigenvalue weighted by atomic mass is 9.95. The van der Waals surface area contributed by atoms with Gasteiger partial charge in [0.2, 0.25) is 0 Å². The van der Waals surface area contributed by atoms with Crippen molar-refractivity contribution in [2.75, 3.05) is 5.73 Å². The van der Waals surface area contributed by atoms with Crippen LogP contribution < -0.4 is 11.1 Å². The van der Waals surface area contributed by atoms with Crippen molar-refractivity contribution in [1.82, 2.24) is 5.32 Å². The predicted molar refractivity (Wildman–Crippen MR) is 69.6 cm³/mol. The number of carbonyl (C=O) groups excluding carboxylic acids is 1. The SMILES string of the molecule is Nc1ccc(C(F)(F)F)cc1C(=O)NC1CC2CCC1O2. The molecular formula is C14H15F3N2O2. The zero-order valence-electron chi connectivity index (χ0n) is 11.1. The van der Waals surface area contributed by atoms with Crippen LogP contribution >= 0.6 is 0 Å². The lowest BCUT2D eigenvalue weighted by Gasteiger charge is -2.20. The first-order valence-corrected chi connectivity index (χ1v) is 6.77. The normalized spacial score (nSPS) is 27.9. The Labute approximate surface area is 119 Å². The number of hydrogen-bond acceptors (Lipinski definition) is 3. The second-order valence-corrected chi connectivity index (χ2v) is 5.49. The summed E-state index contributed by atoms with van der Waals surface area (Å²) in [4.78, 5) is 12.2. The molecule has 114 valence electrons. The van der Waals surface area contributed by atoms with Crippen molar-refractivity contribution in [3.05, 3.63) is 29.3 Å². The first-order valence-electron chi connectivity index (χ1n) is 6.77. The summed E-state index contributed by atoms with van der Waals surface area (Å²) in [6, 6.07) is 2.62. The Hall–Kier alpha value is -1.76. The molecule has 7 heteroatoms. The zero-order valence-corrected chi connectivity index (χ0v) is 11.1. The third-order valence-corrected chi connectivity index (χ3v) is 4.05. The average Bonchev–Trinajstić information content (AvgIpc) is 2.99. The Morgan fingerprint density at radius 2 is 2.10 bits per heavy atom. The fraction of sp³-hybridized carbons (Fsp3) is 0.500. The molecule has 1 aromatic rings. The zero-order chi connectivity index (χ0) is 15.2. The molecular weight excluding hydrogens is 285 g/mol. The summed E-state index contributed by atoms with van der Waals surface area (Å²) in [7, 11) is 0. The van der Waals surface area contributed by atoms with Crippen LogP contribution in [0.1, 0.15) is 35.2 Å². The highest BCUT2D eigenvalue weighted by atomic mass is 19.4. The lowest BCUT2D eigenvalue weighted by molar-refractivity contribution is -0.137. The van der Waals surface area contributed by atoms with E-state index in [1.165, 1.54) is 0 Å². The minimum atomic E-state index is -4.50. The summed E-state index contributed by atoms with van der Waals surface area (Å²) in [5, 5.41) is 2.73. The molecule has 0 saturated carbocycles. The molecule has 2 fully saturated rings. The van der Waals surface area contributed by atoms with E-state index in [2.05, 4.69) is 5.32 Å². The summed E-state index contributed by atoms with van der Waals surface area (Å²) in [5.74, 6) is -0.584. The first-order chi connectivity index (χ1) is 9.84. The molecule has 3 N–H and O–H groups in total. The lowest BCUT2D eigenvalue weighted by Crippen LogP contribution is -2.41. The fourth-order valence-corrected chi connectivity index (χ4v) is 2.97. The number of fused-ring (bicyclic) bond motifs is 2. The van der Waals surface area contributed by atoms with Crippen molar-refractivity contribution in [2.45, 2.75) is 43.7 Å². The van der Waals surface area contributed by atoms with Crippen molar-refractivity contribution >= 4 is 11.6 Å². The molecule has 0 spiro atoms. The molecule has 2 aliphatic heterocycles. The number of nitrogens with two attached hydrogens (primary N) is 1. The number of alkyl halides is 3. The Balaban J connectivity index is 1.78. The van der Waals surface area contributed by atoms with E-state index in [9.17, 15) is 18.0 Å².